The van der Waals surface area contributed by atoms with Crippen molar-refractivity contribution in [2.24, 2.45) is 0 Å². The molecule has 0 atom stereocenters. The molecule has 2 heterocycles. The third-order valence-electron chi connectivity index (χ3n) is 5.20. The van der Waals surface area contributed by atoms with Gasteiger partial charge in [0.2, 0.25) is 0 Å². The summed E-state index contributed by atoms with van der Waals surface area (Å²) in [4.78, 5) is 17.7. The lowest BCUT2D eigenvalue weighted by molar-refractivity contribution is 0.277. The zero-order valence-electron chi connectivity index (χ0n) is 14.9. The van der Waals surface area contributed by atoms with E-state index in [1.54, 1.807) is 6.92 Å². The number of rotatable bonds is 2. The summed E-state index contributed by atoms with van der Waals surface area (Å²) in [6, 6.07) is 9.39. The molecule has 1 aliphatic heterocycles. The first-order valence-electron chi connectivity index (χ1n) is 8.95. The number of piperidine rings is 1. The van der Waals surface area contributed by atoms with Crippen molar-refractivity contribution in [3.63, 3.8) is 0 Å². The Morgan fingerprint density at radius 3 is 2.41 bits per heavy atom. The van der Waals surface area contributed by atoms with E-state index in [0.717, 1.165) is 17.3 Å². The van der Waals surface area contributed by atoms with Gasteiger partial charge >= 0.3 is 0 Å². The standard InChI is InChI=1S/C21H19F3N2O/c1-12-20(25-18-11-15(23)10-17(24)19(18)21(12)27)13-2-4-16(5-3-13)26-8-6-14(22)7-9-26/h2-5,10-11,14H,6-9H2,1H3,(H,25,27). The molecule has 1 aromatic heterocycles. The molecular weight excluding hydrogens is 353 g/mol. The SMILES string of the molecule is Cc1c(-c2ccc(N3CCC(F)CC3)cc2)[nH]c2cc(F)cc(F)c2c1=O. The lowest BCUT2D eigenvalue weighted by Crippen LogP contribution is -2.34. The van der Waals surface area contributed by atoms with Gasteiger partial charge in [-0.2, -0.15) is 0 Å². The predicted octanol–water partition coefficient (Wildman–Crippen LogP) is 4.72. The Kier molecular flexibility index (Phi) is 4.42. The monoisotopic (exact) mass is 372 g/mol. The Labute approximate surface area is 154 Å². The van der Waals surface area contributed by atoms with Crippen LogP contribution in [0.2, 0.25) is 0 Å². The number of nitrogens with zero attached hydrogens (tertiary/aromatic N) is 1. The second-order valence-corrected chi connectivity index (χ2v) is 6.97. The van der Waals surface area contributed by atoms with Crippen LogP contribution < -0.4 is 10.3 Å². The van der Waals surface area contributed by atoms with Crippen molar-refractivity contribution in [3.05, 3.63) is 63.8 Å². The third-order valence-corrected chi connectivity index (χ3v) is 5.20. The van der Waals surface area contributed by atoms with Gasteiger partial charge < -0.3 is 9.88 Å². The molecule has 0 amide bonds. The molecule has 0 saturated carbocycles. The number of H-pyrrole nitrogens is 1. The van der Waals surface area contributed by atoms with Gasteiger partial charge in [0.05, 0.1) is 16.6 Å². The Hall–Kier alpha value is -2.76. The molecule has 1 saturated heterocycles. The Balaban J connectivity index is 1.74. The van der Waals surface area contributed by atoms with Crippen molar-refractivity contribution in [3.8, 4) is 11.3 Å². The number of fused-ring (bicyclic) bond motifs is 1. The van der Waals surface area contributed by atoms with Crippen LogP contribution in [0.4, 0.5) is 18.9 Å². The normalized spacial score (nSPS) is 15.5. The van der Waals surface area contributed by atoms with Crippen molar-refractivity contribution in [1.29, 1.82) is 0 Å². The molecule has 1 N–H and O–H groups in total. The fraction of sp³-hybridized carbons (Fsp3) is 0.286. The van der Waals surface area contributed by atoms with Crippen LogP contribution in [0.5, 0.6) is 0 Å². The molecule has 6 heteroatoms. The highest BCUT2D eigenvalue weighted by Gasteiger charge is 2.19. The number of nitrogens with one attached hydrogen (secondary N) is 1. The number of alkyl halides is 1. The van der Waals surface area contributed by atoms with Gasteiger partial charge in [0.1, 0.15) is 17.8 Å². The van der Waals surface area contributed by atoms with Crippen molar-refractivity contribution in [2.75, 3.05) is 18.0 Å². The van der Waals surface area contributed by atoms with Crippen LogP contribution in [0.25, 0.3) is 22.2 Å². The summed E-state index contributed by atoms with van der Waals surface area (Å²) in [6.45, 7) is 2.96. The zero-order chi connectivity index (χ0) is 19.1. The molecule has 0 radical (unpaired) electrons. The Morgan fingerprint density at radius 2 is 1.74 bits per heavy atom. The van der Waals surface area contributed by atoms with E-state index in [-0.39, 0.29) is 10.9 Å². The van der Waals surface area contributed by atoms with E-state index < -0.39 is 23.2 Å². The minimum atomic E-state index is -0.868. The smallest absolute Gasteiger partial charge is 0.195 e. The van der Waals surface area contributed by atoms with Gasteiger partial charge in [-0.05, 0) is 43.5 Å². The topological polar surface area (TPSA) is 36.1 Å². The first-order chi connectivity index (χ1) is 12.9. The third kappa shape index (κ3) is 3.20. The first-order valence-corrected chi connectivity index (χ1v) is 8.95. The average Bonchev–Trinajstić information content (AvgIpc) is 2.65. The lowest BCUT2D eigenvalue weighted by Gasteiger charge is -2.30. The van der Waals surface area contributed by atoms with Crippen LogP contribution in [0.1, 0.15) is 18.4 Å². The van der Waals surface area contributed by atoms with Gasteiger partial charge in [-0.3, -0.25) is 4.79 Å². The van der Waals surface area contributed by atoms with Gasteiger partial charge in [0.25, 0.3) is 0 Å². The number of aromatic amines is 1. The van der Waals surface area contributed by atoms with Gasteiger partial charge in [-0.1, -0.05) is 12.1 Å². The highest BCUT2D eigenvalue weighted by molar-refractivity contribution is 5.84. The van der Waals surface area contributed by atoms with E-state index in [2.05, 4.69) is 9.88 Å². The second kappa shape index (κ2) is 6.76. The highest BCUT2D eigenvalue weighted by atomic mass is 19.1. The van der Waals surface area contributed by atoms with E-state index >= 15 is 0 Å². The maximum Gasteiger partial charge on any atom is 0.195 e. The molecule has 0 unspecified atom stereocenters. The molecular formula is C21H19F3N2O. The largest absolute Gasteiger partial charge is 0.371 e. The number of hydrogen-bond acceptors (Lipinski definition) is 2. The summed E-state index contributed by atoms with van der Waals surface area (Å²) in [7, 11) is 0. The number of hydrogen-bond donors (Lipinski definition) is 1. The quantitative estimate of drug-likeness (QED) is 0.707. The van der Waals surface area contributed by atoms with Crippen LogP contribution in [-0.2, 0) is 0 Å². The van der Waals surface area contributed by atoms with Crippen LogP contribution in [0.3, 0.4) is 0 Å². The summed E-state index contributed by atoms with van der Waals surface area (Å²) < 4.78 is 40.9. The highest BCUT2D eigenvalue weighted by Crippen LogP contribution is 2.27. The summed E-state index contributed by atoms with van der Waals surface area (Å²) in [5.74, 6) is -1.61. The number of pyridine rings is 1. The minimum absolute atomic E-state index is 0.132. The van der Waals surface area contributed by atoms with E-state index in [4.69, 9.17) is 0 Å². The van der Waals surface area contributed by atoms with Crippen molar-refractivity contribution in [1.82, 2.24) is 4.98 Å². The summed E-state index contributed by atoms with van der Waals surface area (Å²) >= 11 is 0. The summed E-state index contributed by atoms with van der Waals surface area (Å²) in [5.41, 5.74) is 2.33. The second-order valence-electron chi connectivity index (χ2n) is 6.97. The fourth-order valence-electron chi connectivity index (χ4n) is 3.67. The molecule has 27 heavy (non-hydrogen) atoms. The average molecular weight is 372 g/mol. The molecule has 4 rings (SSSR count). The number of anilines is 1. The van der Waals surface area contributed by atoms with Gasteiger partial charge in [0, 0.05) is 30.4 Å². The van der Waals surface area contributed by atoms with Gasteiger partial charge in [-0.25, -0.2) is 13.2 Å². The van der Waals surface area contributed by atoms with Crippen LogP contribution in [0, 0.1) is 18.6 Å². The van der Waals surface area contributed by atoms with Gasteiger partial charge in [-0.15, -0.1) is 0 Å². The molecule has 0 aliphatic carbocycles. The molecule has 1 aliphatic rings. The first kappa shape index (κ1) is 17.6. The Morgan fingerprint density at radius 1 is 1.07 bits per heavy atom. The molecule has 0 bridgehead atoms. The van der Waals surface area contributed by atoms with E-state index in [9.17, 15) is 18.0 Å². The minimum Gasteiger partial charge on any atom is -0.371 e. The van der Waals surface area contributed by atoms with Crippen LogP contribution in [0.15, 0.2) is 41.2 Å². The number of benzene rings is 2. The van der Waals surface area contributed by atoms with E-state index in [1.165, 1.54) is 0 Å². The number of aromatic nitrogens is 1. The fourth-order valence-corrected chi connectivity index (χ4v) is 3.67. The molecule has 2 aromatic carbocycles. The summed E-state index contributed by atoms with van der Waals surface area (Å²) in [6.07, 6.45) is 0.318. The van der Waals surface area contributed by atoms with Crippen molar-refractivity contribution >= 4 is 16.6 Å². The molecule has 1 fully saturated rings. The zero-order valence-corrected chi connectivity index (χ0v) is 14.9. The van der Waals surface area contributed by atoms with Crippen molar-refractivity contribution < 1.29 is 13.2 Å². The maximum atomic E-state index is 14.0. The molecule has 3 nitrogen and oxygen atoms in total. The lowest BCUT2D eigenvalue weighted by atomic mass is 10.0. The van der Waals surface area contributed by atoms with E-state index in [1.807, 2.05) is 24.3 Å². The maximum absolute atomic E-state index is 14.0. The molecule has 3 aromatic rings. The molecule has 0 spiro atoms. The van der Waals surface area contributed by atoms with E-state index in [0.29, 0.717) is 43.3 Å². The predicted molar refractivity (Wildman–Crippen MR) is 101 cm³/mol. The van der Waals surface area contributed by atoms with Gasteiger partial charge in [0.15, 0.2) is 5.43 Å². The van der Waals surface area contributed by atoms with Crippen LogP contribution >= 0.6 is 0 Å². The summed E-state index contributed by atoms with van der Waals surface area (Å²) in [5, 5.41) is -0.136. The van der Waals surface area contributed by atoms with Crippen molar-refractivity contribution in [2.45, 2.75) is 25.9 Å². The Bertz CT molecular complexity index is 1050. The number of halogens is 3. The van der Waals surface area contributed by atoms with Crippen LogP contribution in [-0.4, -0.2) is 24.2 Å². The molecule has 140 valence electrons.